The quantitative estimate of drug-likeness (QED) is 0.326. The Morgan fingerprint density at radius 2 is 2.04 bits per heavy atom. The Hall–Kier alpha value is -4.47. The molecular weight excluding hydrogens is 622 g/mol. The van der Waals surface area contributed by atoms with Crippen LogP contribution in [0.15, 0.2) is 29.7 Å². The number of aromatic hydroxyl groups is 1. The number of anilines is 1. The molecule has 1 aromatic carbocycles. The van der Waals surface area contributed by atoms with E-state index < -0.39 is 65.6 Å². The third-order valence-corrected chi connectivity index (χ3v) is 9.57. The van der Waals surface area contributed by atoms with Crippen LogP contribution in [0.1, 0.15) is 57.3 Å². The number of thiazole rings is 1. The van der Waals surface area contributed by atoms with Crippen LogP contribution in [0.2, 0.25) is 0 Å². The highest BCUT2D eigenvalue weighted by Gasteiger charge is 2.66. The van der Waals surface area contributed by atoms with Crippen LogP contribution in [0.25, 0.3) is 17.5 Å². The Morgan fingerprint density at radius 1 is 1.26 bits per heavy atom. The van der Waals surface area contributed by atoms with Crippen LogP contribution >= 0.6 is 11.3 Å². The van der Waals surface area contributed by atoms with Crippen LogP contribution < -0.4 is 10.6 Å². The fourth-order valence-electron chi connectivity index (χ4n) is 6.00. The summed E-state index contributed by atoms with van der Waals surface area (Å²) in [5.74, 6) is -4.04. The molecule has 6 rings (SSSR count). The van der Waals surface area contributed by atoms with E-state index in [0.717, 1.165) is 5.69 Å². The van der Waals surface area contributed by atoms with Crippen LogP contribution in [-0.4, -0.2) is 88.7 Å². The number of rotatable bonds is 4. The first kappa shape index (κ1) is 31.5. The summed E-state index contributed by atoms with van der Waals surface area (Å²) in [4.78, 5) is 47.4. The van der Waals surface area contributed by atoms with Gasteiger partial charge in [0.05, 0.1) is 17.7 Å². The average Bonchev–Trinajstić information content (AvgIpc) is 3.38. The van der Waals surface area contributed by atoms with Crippen LogP contribution in [0.3, 0.4) is 0 Å². The number of carboxylic acids is 1. The molecule has 3 aromatic rings. The number of carboxylic acid groups (broad SMARTS) is 1. The number of hydrogen-bond donors (Lipinski definition) is 4. The first-order valence-electron chi connectivity index (χ1n) is 14.9. The van der Waals surface area contributed by atoms with Gasteiger partial charge in [-0.2, -0.15) is 4.80 Å². The lowest BCUT2D eigenvalue weighted by atomic mass is 9.85. The zero-order valence-electron chi connectivity index (χ0n) is 25.4. The third-order valence-electron chi connectivity index (χ3n) is 8.75. The number of carbonyl (C=O) groups is 3. The summed E-state index contributed by atoms with van der Waals surface area (Å²) < 4.78 is 27.1. The largest absolute Gasteiger partial charge is 0.507 e. The number of allylic oxidation sites excluding steroid dienone is 1. The monoisotopic (exact) mass is 656 g/mol. The van der Waals surface area contributed by atoms with E-state index in [-0.39, 0.29) is 24.5 Å². The predicted octanol–water partition coefficient (Wildman–Crippen LogP) is 3.36. The SMILES string of the molecule is CC(C)(C)[C@@H]1Nc2nc(cs2)CC/C=C/c2cc(ccc2O)-c2nnn(n2)[C@@H]2C[C@@H](C(=O)N[C@]3(C(=O)O)C[C@H]3C(F)F)N(C2)C1=O. The van der Waals surface area contributed by atoms with Crippen molar-refractivity contribution in [3.63, 3.8) is 0 Å². The highest BCUT2D eigenvalue weighted by Crippen LogP contribution is 2.48. The molecule has 1 saturated heterocycles. The van der Waals surface area contributed by atoms with Gasteiger partial charge in [0.25, 0.3) is 0 Å². The van der Waals surface area contributed by atoms with Gasteiger partial charge in [0.1, 0.15) is 23.4 Å². The van der Waals surface area contributed by atoms with Crippen LogP contribution in [0.5, 0.6) is 5.75 Å². The van der Waals surface area contributed by atoms with Crippen molar-refractivity contribution in [3.05, 3.63) is 40.9 Å². The van der Waals surface area contributed by atoms with Gasteiger partial charge in [-0.25, -0.2) is 18.6 Å². The normalized spacial score (nSPS) is 26.9. The number of benzene rings is 1. The maximum atomic E-state index is 14.3. The lowest BCUT2D eigenvalue weighted by Crippen LogP contribution is -2.57. The fraction of sp³-hybridized carbons (Fsp3) is 0.500. The molecule has 5 atom stereocenters. The molecule has 4 N–H and O–H groups in total. The molecule has 2 amide bonds. The Morgan fingerprint density at radius 3 is 2.74 bits per heavy atom. The summed E-state index contributed by atoms with van der Waals surface area (Å²) in [6, 6.07) is 2.21. The second-order valence-corrected chi connectivity index (χ2v) is 13.9. The molecule has 3 aliphatic rings. The molecule has 4 heterocycles. The predicted molar refractivity (Wildman–Crippen MR) is 163 cm³/mol. The Kier molecular flexibility index (Phi) is 8.02. The van der Waals surface area contributed by atoms with Gasteiger partial charge >= 0.3 is 5.97 Å². The van der Waals surface area contributed by atoms with Gasteiger partial charge in [-0.1, -0.05) is 32.9 Å². The summed E-state index contributed by atoms with van der Waals surface area (Å²) in [7, 11) is 0. The van der Waals surface area contributed by atoms with Crippen molar-refractivity contribution >= 4 is 40.3 Å². The molecule has 2 aromatic heterocycles. The van der Waals surface area contributed by atoms with Crippen molar-refractivity contribution in [1.29, 1.82) is 0 Å². The van der Waals surface area contributed by atoms with Crippen molar-refractivity contribution in [3.8, 4) is 17.1 Å². The Labute approximate surface area is 266 Å². The second kappa shape index (κ2) is 11.7. The number of hydrogen-bond acceptors (Lipinski definition) is 10. The highest BCUT2D eigenvalue weighted by atomic mass is 32.1. The summed E-state index contributed by atoms with van der Waals surface area (Å²) in [5, 5.41) is 41.1. The van der Waals surface area contributed by atoms with E-state index in [2.05, 4.69) is 31.0 Å². The van der Waals surface area contributed by atoms with E-state index in [4.69, 9.17) is 0 Å². The minimum absolute atomic E-state index is 0.00968. The lowest BCUT2D eigenvalue weighted by Gasteiger charge is -2.35. The number of alkyl halides is 2. The van der Waals surface area contributed by atoms with Gasteiger partial charge in [-0.3, -0.25) is 9.59 Å². The zero-order valence-corrected chi connectivity index (χ0v) is 26.2. The Bertz CT molecular complexity index is 1700. The molecule has 0 unspecified atom stereocenters. The number of phenols is 1. The first-order valence-corrected chi connectivity index (χ1v) is 15.8. The van der Waals surface area contributed by atoms with Gasteiger partial charge in [-0.05, 0) is 48.1 Å². The van der Waals surface area contributed by atoms with Crippen molar-refractivity contribution < 1.29 is 33.4 Å². The third kappa shape index (κ3) is 5.92. The molecule has 244 valence electrons. The minimum atomic E-state index is -2.93. The van der Waals surface area contributed by atoms with E-state index in [1.807, 2.05) is 32.2 Å². The number of aromatic nitrogens is 5. The number of carbonyl (C=O) groups excluding carboxylic acids is 2. The van der Waals surface area contributed by atoms with Crippen LogP contribution in [0, 0.1) is 11.3 Å². The molecule has 0 spiro atoms. The molecular formula is C30H34F2N8O5S. The summed E-state index contributed by atoms with van der Waals surface area (Å²) in [6.07, 6.45) is 1.63. The van der Waals surface area contributed by atoms with Crippen molar-refractivity contribution in [2.75, 3.05) is 11.9 Å². The van der Waals surface area contributed by atoms with Gasteiger partial charge in [0, 0.05) is 29.5 Å². The molecule has 2 fully saturated rings. The van der Waals surface area contributed by atoms with Crippen molar-refractivity contribution in [2.24, 2.45) is 11.3 Å². The molecule has 13 nitrogen and oxygen atoms in total. The van der Waals surface area contributed by atoms with E-state index in [0.29, 0.717) is 29.1 Å². The van der Waals surface area contributed by atoms with Gasteiger partial charge in [0.2, 0.25) is 24.1 Å². The van der Waals surface area contributed by atoms with Crippen LogP contribution in [0.4, 0.5) is 13.9 Å². The fourth-order valence-corrected chi connectivity index (χ4v) is 6.78. The molecule has 8 bridgehead atoms. The number of aliphatic carboxylic acids is 1. The smallest absolute Gasteiger partial charge is 0.329 e. The molecule has 46 heavy (non-hydrogen) atoms. The summed E-state index contributed by atoms with van der Waals surface area (Å²) >= 11 is 1.34. The average molecular weight is 657 g/mol. The molecule has 16 heteroatoms. The lowest BCUT2D eigenvalue weighted by molar-refractivity contribution is -0.146. The number of phenolic OH excluding ortho intramolecular Hbond substituents is 1. The number of fused-ring (bicyclic) bond motifs is 10. The number of amides is 2. The molecule has 2 aliphatic heterocycles. The van der Waals surface area contributed by atoms with E-state index in [1.54, 1.807) is 18.2 Å². The first-order chi connectivity index (χ1) is 21.8. The van der Waals surface area contributed by atoms with Crippen LogP contribution in [-0.2, 0) is 20.8 Å². The van der Waals surface area contributed by atoms with Crippen molar-refractivity contribution in [1.82, 2.24) is 35.4 Å². The number of halogens is 2. The number of tetrazole rings is 1. The molecule has 1 saturated carbocycles. The highest BCUT2D eigenvalue weighted by molar-refractivity contribution is 7.13. The van der Waals surface area contributed by atoms with E-state index in [9.17, 15) is 33.4 Å². The van der Waals surface area contributed by atoms with E-state index >= 15 is 0 Å². The summed E-state index contributed by atoms with van der Waals surface area (Å²) in [5.41, 5.74) is -0.814. The zero-order chi connectivity index (χ0) is 33.0. The molecule has 1 aliphatic carbocycles. The maximum Gasteiger partial charge on any atom is 0.329 e. The van der Waals surface area contributed by atoms with Gasteiger partial charge < -0.3 is 25.7 Å². The van der Waals surface area contributed by atoms with E-state index in [1.165, 1.54) is 27.1 Å². The number of nitrogens with zero attached hydrogens (tertiary/aromatic N) is 6. The topological polar surface area (TPSA) is 175 Å². The van der Waals surface area contributed by atoms with Gasteiger partial charge in [0.15, 0.2) is 5.13 Å². The van der Waals surface area contributed by atoms with Crippen molar-refractivity contribution in [2.45, 2.75) is 76.5 Å². The number of nitrogens with one attached hydrogen (secondary N) is 2. The standard InChI is InChI=1S/C30H34F2N8O5S/c1-29(2,3)22-26(43)39-13-18(11-20(39)25(42)35-30(27(44)45)12-19(30)23(31)32)40-37-24(36-38-40)16-8-9-21(41)15(10-16)6-4-5-7-17-14-46-28(33-17)34-22/h4,6,8-10,14,18-20,22-23,41H,5,7,11-13H2,1-3H3,(H,33,34)(H,35,42)(H,44,45)/b6-4+/t18-,19+,20+,22-,30-/m1/s1. The molecule has 0 radical (unpaired) electrons. The maximum absolute atomic E-state index is 14.3. The summed E-state index contributed by atoms with van der Waals surface area (Å²) in [6.45, 7) is 5.58. The second-order valence-electron chi connectivity index (χ2n) is 13.0. The minimum Gasteiger partial charge on any atom is -0.507 e. The number of aryl methyl sites for hydroxylation is 1. The Balaban J connectivity index is 1.39. The van der Waals surface area contributed by atoms with Gasteiger partial charge in [-0.15, -0.1) is 21.5 Å².